The molecular formula is C28H33N3O7S2. The second-order valence-corrected chi connectivity index (χ2v) is 13.1. The number of sulfonamides is 1. The van der Waals surface area contributed by atoms with Crippen molar-refractivity contribution in [1.29, 1.82) is 0 Å². The average molecular weight is 588 g/mol. The van der Waals surface area contributed by atoms with Crippen LogP contribution in [0.2, 0.25) is 0 Å². The van der Waals surface area contributed by atoms with E-state index in [4.69, 9.17) is 14.2 Å². The Morgan fingerprint density at radius 3 is 2.67 bits per heavy atom. The molecule has 0 radical (unpaired) electrons. The molecule has 5 rings (SSSR count). The molecule has 214 valence electrons. The molecule has 3 atom stereocenters. The number of amides is 1. The number of carbonyl (C=O) groups is 1. The largest absolute Gasteiger partial charge is 0.488 e. The molecule has 1 aromatic heterocycles. The number of likely N-dealkylation sites (N-methyl/N-ethyl adjacent to an activating group) is 1. The molecule has 2 aliphatic heterocycles. The van der Waals surface area contributed by atoms with Crippen molar-refractivity contribution < 1.29 is 32.5 Å². The molecule has 40 heavy (non-hydrogen) atoms. The summed E-state index contributed by atoms with van der Waals surface area (Å²) in [7, 11) is -1.79. The zero-order valence-corrected chi connectivity index (χ0v) is 24.2. The van der Waals surface area contributed by atoms with Crippen LogP contribution >= 0.6 is 11.3 Å². The van der Waals surface area contributed by atoms with E-state index in [2.05, 4.69) is 9.62 Å². The summed E-state index contributed by atoms with van der Waals surface area (Å²) in [4.78, 5) is 17.4. The van der Waals surface area contributed by atoms with Crippen LogP contribution in [0.3, 0.4) is 0 Å². The number of ether oxygens (including phenoxy) is 3. The highest BCUT2D eigenvalue weighted by atomic mass is 32.2. The molecule has 2 N–H and O–H groups in total. The number of fused-ring (bicyclic) bond motifs is 2. The van der Waals surface area contributed by atoms with Crippen molar-refractivity contribution in [3.63, 3.8) is 0 Å². The molecule has 2 aliphatic rings. The number of aliphatic hydroxyl groups is 1. The minimum Gasteiger partial charge on any atom is -0.488 e. The van der Waals surface area contributed by atoms with E-state index in [-0.39, 0.29) is 46.8 Å². The van der Waals surface area contributed by atoms with Gasteiger partial charge in [-0.25, -0.2) is 8.42 Å². The van der Waals surface area contributed by atoms with Crippen LogP contribution in [0.5, 0.6) is 17.2 Å². The van der Waals surface area contributed by atoms with Gasteiger partial charge in [0.25, 0.3) is 15.9 Å². The Morgan fingerprint density at radius 1 is 1.15 bits per heavy atom. The Bertz CT molecular complexity index is 1460. The molecule has 1 amide bonds. The van der Waals surface area contributed by atoms with E-state index in [9.17, 15) is 18.3 Å². The zero-order chi connectivity index (χ0) is 28.4. The first-order valence-corrected chi connectivity index (χ1v) is 15.4. The van der Waals surface area contributed by atoms with E-state index in [1.807, 2.05) is 32.2 Å². The monoisotopic (exact) mass is 587 g/mol. The van der Waals surface area contributed by atoms with Gasteiger partial charge in [-0.3, -0.25) is 14.4 Å². The Hall–Kier alpha value is -3.32. The summed E-state index contributed by atoms with van der Waals surface area (Å²) in [5.41, 5.74) is 1.56. The van der Waals surface area contributed by atoms with Crippen molar-refractivity contribution in [2.45, 2.75) is 36.7 Å². The standard InChI is InChI=1S/C28H33N3O7S2/c1-18-13-31(19(2)16-32)28(33)22-12-21(29-40(34,35)27-5-4-10-39-27)7-9-23(22)38-26(18)15-30(3)14-20-6-8-24-25(11-20)37-17-36-24/h4-12,18-19,26,29,32H,13-17H2,1-3H3/t18-,19+,26+/m0/s1. The number of nitrogens with zero attached hydrogens (tertiary/aromatic N) is 2. The van der Waals surface area contributed by atoms with E-state index in [0.717, 1.165) is 28.4 Å². The molecule has 10 nitrogen and oxygen atoms in total. The predicted octanol–water partition coefficient (Wildman–Crippen LogP) is 3.63. The van der Waals surface area contributed by atoms with Crippen LogP contribution < -0.4 is 18.9 Å². The van der Waals surface area contributed by atoms with Crippen LogP contribution in [0.15, 0.2) is 58.1 Å². The molecule has 12 heteroatoms. The third kappa shape index (κ3) is 6.04. The molecule has 0 fully saturated rings. The van der Waals surface area contributed by atoms with Gasteiger partial charge in [-0.2, -0.15) is 0 Å². The van der Waals surface area contributed by atoms with E-state index in [1.54, 1.807) is 35.4 Å². The number of benzene rings is 2. The van der Waals surface area contributed by atoms with Crippen LogP contribution in [0.4, 0.5) is 5.69 Å². The summed E-state index contributed by atoms with van der Waals surface area (Å²) in [6.07, 6.45) is -0.284. The minimum atomic E-state index is -3.79. The number of carbonyl (C=O) groups excluding carboxylic acids is 1. The van der Waals surface area contributed by atoms with Crippen molar-refractivity contribution in [2.24, 2.45) is 5.92 Å². The number of aliphatic hydroxyl groups excluding tert-OH is 1. The minimum absolute atomic E-state index is 0.0534. The van der Waals surface area contributed by atoms with E-state index in [1.165, 1.54) is 12.1 Å². The molecule has 2 aromatic carbocycles. The van der Waals surface area contributed by atoms with Crippen LogP contribution in [-0.2, 0) is 16.6 Å². The maximum absolute atomic E-state index is 13.7. The normalized spacial score (nSPS) is 19.5. The fourth-order valence-corrected chi connectivity index (χ4v) is 6.89. The lowest BCUT2D eigenvalue weighted by Crippen LogP contribution is -2.49. The van der Waals surface area contributed by atoms with E-state index in [0.29, 0.717) is 25.4 Å². The summed E-state index contributed by atoms with van der Waals surface area (Å²) in [6, 6.07) is 13.4. The van der Waals surface area contributed by atoms with Crippen molar-refractivity contribution in [1.82, 2.24) is 9.80 Å². The van der Waals surface area contributed by atoms with Gasteiger partial charge in [0.2, 0.25) is 6.79 Å². The smallest absolute Gasteiger partial charge is 0.271 e. The van der Waals surface area contributed by atoms with Gasteiger partial charge in [0.1, 0.15) is 16.1 Å². The summed E-state index contributed by atoms with van der Waals surface area (Å²) in [5, 5.41) is 11.6. The molecular weight excluding hydrogens is 554 g/mol. The van der Waals surface area contributed by atoms with Crippen molar-refractivity contribution in [3.05, 3.63) is 65.0 Å². The number of hydrogen-bond acceptors (Lipinski definition) is 9. The number of anilines is 1. The van der Waals surface area contributed by atoms with Gasteiger partial charge in [0, 0.05) is 31.2 Å². The highest BCUT2D eigenvalue weighted by molar-refractivity contribution is 7.94. The number of nitrogens with one attached hydrogen (secondary N) is 1. The lowest BCUT2D eigenvalue weighted by molar-refractivity contribution is 0.0341. The van der Waals surface area contributed by atoms with Crippen LogP contribution in [0.1, 0.15) is 29.8 Å². The SMILES string of the molecule is C[C@H](CO)N1C[C@H](C)[C@@H](CN(C)Cc2ccc3c(c2)OCO3)Oc2ccc(NS(=O)(=O)c3cccs3)cc2C1=O. The first-order chi connectivity index (χ1) is 19.1. The quantitative estimate of drug-likeness (QED) is 0.390. The number of thiophene rings is 1. The molecule has 0 saturated carbocycles. The lowest BCUT2D eigenvalue weighted by Gasteiger charge is -2.38. The summed E-state index contributed by atoms with van der Waals surface area (Å²) >= 11 is 1.11. The average Bonchev–Trinajstić information content (AvgIpc) is 3.63. The molecule has 0 saturated heterocycles. The van der Waals surface area contributed by atoms with Crippen molar-refractivity contribution in [3.8, 4) is 17.2 Å². The molecule has 3 aromatic rings. The van der Waals surface area contributed by atoms with Gasteiger partial charge < -0.3 is 24.2 Å². The van der Waals surface area contributed by atoms with Gasteiger partial charge in [-0.15, -0.1) is 11.3 Å². The van der Waals surface area contributed by atoms with Crippen molar-refractivity contribution in [2.75, 3.05) is 38.3 Å². The molecule has 0 bridgehead atoms. The van der Waals surface area contributed by atoms with Gasteiger partial charge in [-0.1, -0.05) is 19.1 Å². The van der Waals surface area contributed by atoms with Crippen LogP contribution in [-0.4, -0.2) is 74.9 Å². The Kier molecular flexibility index (Phi) is 8.22. The fourth-order valence-electron chi connectivity index (χ4n) is 4.85. The van der Waals surface area contributed by atoms with Gasteiger partial charge in [0.15, 0.2) is 11.5 Å². The molecule has 0 aliphatic carbocycles. The Balaban J connectivity index is 1.40. The fraction of sp³-hybridized carbons (Fsp3) is 0.393. The second kappa shape index (κ2) is 11.7. The van der Waals surface area contributed by atoms with Crippen LogP contribution in [0.25, 0.3) is 0 Å². The molecule has 3 heterocycles. The predicted molar refractivity (Wildman–Crippen MR) is 152 cm³/mol. The maximum atomic E-state index is 13.7. The van der Waals surface area contributed by atoms with Gasteiger partial charge >= 0.3 is 0 Å². The molecule has 0 unspecified atom stereocenters. The van der Waals surface area contributed by atoms with Crippen LogP contribution in [0, 0.1) is 5.92 Å². The maximum Gasteiger partial charge on any atom is 0.271 e. The first-order valence-electron chi connectivity index (χ1n) is 13.0. The zero-order valence-electron chi connectivity index (χ0n) is 22.6. The molecule has 0 spiro atoms. The van der Waals surface area contributed by atoms with Gasteiger partial charge in [-0.05, 0) is 61.3 Å². The van der Waals surface area contributed by atoms with Crippen molar-refractivity contribution >= 4 is 33.0 Å². The van der Waals surface area contributed by atoms with E-state index < -0.39 is 16.1 Å². The highest BCUT2D eigenvalue weighted by Gasteiger charge is 2.34. The Morgan fingerprint density at radius 2 is 1.93 bits per heavy atom. The van der Waals surface area contributed by atoms with E-state index >= 15 is 0 Å². The topological polar surface area (TPSA) is 118 Å². The summed E-state index contributed by atoms with van der Waals surface area (Å²) in [5.74, 6) is 1.45. The number of rotatable bonds is 9. The third-order valence-corrected chi connectivity index (χ3v) is 9.84. The summed E-state index contributed by atoms with van der Waals surface area (Å²) < 4.78 is 45.7. The second-order valence-electron chi connectivity index (χ2n) is 10.3. The lowest BCUT2D eigenvalue weighted by atomic mass is 9.99. The summed E-state index contributed by atoms with van der Waals surface area (Å²) in [6.45, 7) is 5.42. The Labute approximate surface area is 238 Å². The number of hydrogen-bond donors (Lipinski definition) is 2. The van der Waals surface area contributed by atoms with Gasteiger partial charge in [0.05, 0.1) is 18.2 Å². The highest BCUT2D eigenvalue weighted by Crippen LogP contribution is 2.34. The first kappa shape index (κ1) is 28.2. The third-order valence-electron chi connectivity index (χ3n) is 7.06.